The summed E-state index contributed by atoms with van der Waals surface area (Å²) in [6.07, 6.45) is 1.57. The smallest absolute Gasteiger partial charge is 0.263 e. The van der Waals surface area contributed by atoms with Crippen LogP contribution in [-0.4, -0.2) is 25.6 Å². The van der Waals surface area contributed by atoms with Crippen LogP contribution in [0.15, 0.2) is 10.7 Å². The Hall–Kier alpha value is -1.50. The molecule has 0 aliphatic carbocycles. The molecule has 0 amide bonds. The van der Waals surface area contributed by atoms with Crippen molar-refractivity contribution in [2.75, 3.05) is 5.73 Å². The van der Waals surface area contributed by atoms with E-state index in [0.717, 1.165) is 5.75 Å². The third kappa shape index (κ3) is 2.35. The van der Waals surface area contributed by atoms with Crippen molar-refractivity contribution in [3.8, 4) is 11.5 Å². The fourth-order valence-corrected chi connectivity index (χ4v) is 1.73. The van der Waals surface area contributed by atoms with E-state index in [1.165, 1.54) is 0 Å². The maximum Gasteiger partial charge on any atom is 0.263 e. The van der Waals surface area contributed by atoms with E-state index in [4.69, 9.17) is 10.3 Å². The molecule has 0 unspecified atom stereocenters. The summed E-state index contributed by atoms with van der Waals surface area (Å²) in [5, 5.41) is 10.8. The molecule has 2 aromatic heterocycles. The van der Waals surface area contributed by atoms with Crippen LogP contribution < -0.4 is 5.73 Å². The van der Waals surface area contributed by atoms with Gasteiger partial charge in [0.25, 0.3) is 5.89 Å². The fourth-order valence-electron chi connectivity index (χ4n) is 1.13. The van der Waals surface area contributed by atoms with E-state index < -0.39 is 0 Å². The molecule has 0 spiro atoms. The molecule has 0 aliphatic rings. The van der Waals surface area contributed by atoms with Crippen LogP contribution in [0, 0.1) is 0 Å². The molecule has 0 atom stereocenters. The molecular formula is C9H13N5OS. The van der Waals surface area contributed by atoms with E-state index in [9.17, 15) is 0 Å². The average molecular weight is 239 g/mol. The number of anilines is 1. The lowest BCUT2D eigenvalue weighted by Gasteiger charge is -1.98. The van der Waals surface area contributed by atoms with Gasteiger partial charge in [-0.3, -0.25) is 5.10 Å². The summed E-state index contributed by atoms with van der Waals surface area (Å²) in [4.78, 5) is 4.25. The Morgan fingerprint density at radius 1 is 1.56 bits per heavy atom. The van der Waals surface area contributed by atoms with Crippen molar-refractivity contribution in [2.24, 2.45) is 0 Å². The Morgan fingerprint density at radius 2 is 2.38 bits per heavy atom. The number of H-pyrrole nitrogens is 1. The molecule has 16 heavy (non-hydrogen) atoms. The van der Waals surface area contributed by atoms with E-state index >= 15 is 0 Å². The highest BCUT2D eigenvalue weighted by Gasteiger charge is 2.13. The minimum atomic E-state index is 0.408. The molecular weight excluding hydrogens is 226 g/mol. The van der Waals surface area contributed by atoms with Crippen molar-refractivity contribution in [3.63, 3.8) is 0 Å². The molecule has 0 fully saturated rings. The molecule has 2 rings (SSSR count). The zero-order valence-electron chi connectivity index (χ0n) is 9.10. The predicted octanol–water partition coefficient (Wildman–Crippen LogP) is 1.68. The number of hydrogen-bond acceptors (Lipinski definition) is 6. The van der Waals surface area contributed by atoms with Gasteiger partial charge < -0.3 is 10.3 Å². The largest absolute Gasteiger partial charge is 0.383 e. The molecule has 0 saturated carbocycles. The van der Waals surface area contributed by atoms with Gasteiger partial charge in [-0.15, -0.1) is 0 Å². The number of nitrogens with zero attached hydrogens (tertiary/aromatic N) is 3. The van der Waals surface area contributed by atoms with Crippen LogP contribution in [0.3, 0.4) is 0 Å². The number of thioether (sulfide) groups is 1. The number of nitrogens with two attached hydrogens (primary N) is 1. The molecule has 0 aliphatic heterocycles. The first-order chi connectivity index (χ1) is 7.66. The summed E-state index contributed by atoms with van der Waals surface area (Å²) >= 11 is 1.76. The van der Waals surface area contributed by atoms with Gasteiger partial charge in [-0.2, -0.15) is 21.8 Å². The quantitative estimate of drug-likeness (QED) is 0.843. The number of hydrogen-bond donors (Lipinski definition) is 2. The molecule has 7 heteroatoms. The van der Waals surface area contributed by atoms with Crippen molar-refractivity contribution < 1.29 is 4.52 Å². The van der Waals surface area contributed by atoms with Crippen LogP contribution in [-0.2, 0) is 5.75 Å². The molecule has 86 valence electrons. The molecule has 0 saturated heterocycles. The Balaban J connectivity index is 2.11. The second kappa shape index (κ2) is 4.56. The molecule has 3 N–H and O–H groups in total. The summed E-state index contributed by atoms with van der Waals surface area (Å²) < 4.78 is 5.11. The number of nitrogen functional groups attached to an aromatic ring is 1. The van der Waals surface area contributed by atoms with Crippen LogP contribution in [0.25, 0.3) is 11.5 Å². The summed E-state index contributed by atoms with van der Waals surface area (Å²) in [6, 6.07) is 0. The lowest BCUT2D eigenvalue weighted by Crippen LogP contribution is -1.91. The maximum atomic E-state index is 5.65. The standard InChI is InChI=1S/C9H13N5OS/c1-5(2)16-4-7-12-9(15-14-7)6-3-11-13-8(6)10/h3,5H,4H2,1-2H3,(H3,10,11,13). The predicted molar refractivity (Wildman–Crippen MR) is 62.7 cm³/mol. The van der Waals surface area contributed by atoms with Gasteiger partial charge in [-0.05, 0) is 5.25 Å². The van der Waals surface area contributed by atoms with E-state index in [1.807, 2.05) is 0 Å². The minimum absolute atomic E-state index is 0.408. The highest BCUT2D eigenvalue weighted by atomic mass is 32.2. The van der Waals surface area contributed by atoms with Gasteiger partial charge in [0, 0.05) is 0 Å². The van der Waals surface area contributed by atoms with Crippen molar-refractivity contribution in [1.29, 1.82) is 0 Å². The maximum absolute atomic E-state index is 5.65. The summed E-state index contributed by atoms with van der Waals surface area (Å²) in [5.74, 6) is 2.26. The summed E-state index contributed by atoms with van der Waals surface area (Å²) in [5.41, 5.74) is 6.30. The Labute approximate surface area is 97.0 Å². The Bertz CT molecular complexity index is 464. The Kier molecular flexibility index (Phi) is 3.14. The monoisotopic (exact) mass is 239 g/mol. The van der Waals surface area contributed by atoms with Crippen LogP contribution >= 0.6 is 11.8 Å². The molecule has 2 aromatic rings. The van der Waals surface area contributed by atoms with Crippen molar-refractivity contribution in [3.05, 3.63) is 12.0 Å². The van der Waals surface area contributed by atoms with E-state index in [0.29, 0.717) is 28.3 Å². The molecule has 0 aromatic carbocycles. The third-order valence-corrected chi connectivity index (χ3v) is 3.00. The molecule has 6 nitrogen and oxygen atoms in total. The fraction of sp³-hybridized carbons (Fsp3) is 0.444. The van der Waals surface area contributed by atoms with Crippen LogP contribution in [0.5, 0.6) is 0 Å². The van der Waals surface area contributed by atoms with E-state index in [1.54, 1.807) is 18.0 Å². The lowest BCUT2D eigenvalue weighted by molar-refractivity contribution is 0.425. The number of aromatic nitrogens is 4. The highest BCUT2D eigenvalue weighted by molar-refractivity contribution is 7.99. The second-order valence-electron chi connectivity index (χ2n) is 3.57. The number of rotatable bonds is 4. The molecule has 0 bridgehead atoms. The Morgan fingerprint density at radius 3 is 3.00 bits per heavy atom. The van der Waals surface area contributed by atoms with E-state index in [-0.39, 0.29) is 0 Å². The van der Waals surface area contributed by atoms with Gasteiger partial charge >= 0.3 is 0 Å². The van der Waals surface area contributed by atoms with Gasteiger partial charge in [-0.1, -0.05) is 19.0 Å². The second-order valence-corrected chi connectivity index (χ2v) is 5.14. The van der Waals surface area contributed by atoms with Crippen molar-refractivity contribution in [2.45, 2.75) is 24.9 Å². The van der Waals surface area contributed by atoms with E-state index in [2.05, 4.69) is 34.2 Å². The summed E-state index contributed by atoms with van der Waals surface area (Å²) in [6.45, 7) is 4.25. The highest BCUT2D eigenvalue weighted by Crippen LogP contribution is 2.23. The van der Waals surface area contributed by atoms with Gasteiger partial charge in [0.05, 0.1) is 11.9 Å². The minimum Gasteiger partial charge on any atom is -0.383 e. The first kappa shape index (κ1) is 11.0. The molecule has 0 radical (unpaired) electrons. The van der Waals surface area contributed by atoms with Crippen LogP contribution in [0.1, 0.15) is 19.7 Å². The zero-order valence-corrected chi connectivity index (χ0v) is 9.91. The van der Waals surface area contributed by atoms with Gasteiger partial charge in [0.2, 0.25) is 0 Å². The van der Waals surface area contributed by atoms with Crippen molar-refractivity contribution in [1.82, 2.24) is 20.3 Å². The molecule has 2 heterocycles. The average Bonchev–Trinajstić information content (AvgIpc) is 2.83. The van der Waals surface area contributed by atoms with Gasteiger partial charge in [0.1, 0.15) is 11.4 Å². The number of nitrogens with one attached hydrogen (secondary N) is 1. The zero-order chi connectivity index (χ0) is 11.5. The lowest BCUT2D eigenvalue weighted by atomic mass is 10.3. The topological polar surface area (TPSA) is 93.6 Å². The normalized spacial score (nSPS) is 11.2. The first-order valence-electron chi connectivity index (χ1n) is 4.90. The van der Waals surface area contributed by atoms with Crippen molar-refractivity contribution >= 4 is 17.6 Å². The van der Waals surface area contributed by atoms with Gasteiger partial charge in [0.15, 0.2) is 5.82 Å². The first-order valence-corrected chi connectivity index (χ1v) is 5.95. The van der Waals surface area contributed by atoms with Crippen LogP contribution in [0.2, 0.25) is 0 Å². The summed E-state index contributed by atoms with van der Waals surface area (Å²) in [7, 11) is 0. The van der Waals surface area contributed by atoms with Gasteiger partial charge in [-0.25, -0.2) is 0 Å². The SMILES string of the molecule is CC(C)SCc1noc(-c2cn[nH]c2N)n1. The number of aromatic amines is 1. The van der Waals surface area contributed by atoms with Crippen LogP contribution in [0.4, 0.5) is 5.82 Å². The third-order valence-electron chi connectivity index (χ3n) is 1.91.